The van der Waals surface area contributed by atoms with Crippen molar-refractivity contribution in [2.45, 2.75) is 25.1 Å². The molecule has 17 heavy (non-hydrogen) atoms. The van der Waals surface area contributed by atoms with Gasteiger partial charge in [-0.3, -0.25) is 5.32 Å². The molecule has 1 heterocycles. The molecule has 0 amide bonds. The van der Waals surface area contributed by atoms with E-state index in [1.54, 1.807) is 19.2 Å². The van der Waals surface area contributed by atoms with Gasteiger partial charge >= 0.3 is 5.97 Å². The molecule has 1 aromatic carbocycles. The van der Waals surface area contributed by atoms with Crippen LogP contribution in [0, 0.1) is 0 Å². The Bertz CT molecular complexity index is 366. The van der Waals surface area contributed by atoms with Crippen molar-refractivity contribution in [3.05, 3.63) is 35.9 Å². The molecule has 0 radical (unpaired) electrons. The van der Waals surface area contributed by atoms with Gasteiger partial charge < -0.3 is 9.47 Å². The van der Waals surface area contributed by atoms with Crippen molar-refractivity contribution in [2.75, 3.05) is 13.7 Å². The molecule has 1 saturated heterocycles. The quantitative estimate of drug-likeness (QED) is 0.805. The molecule has 0 aromatic heterocycles. The largest absolute Gasteiger partial charge is 0.443 e. The van der Waals surface area contributed by atoms with Gasteiger partial charge in [0.25, 0.3) is 0 Å². The summed E-state index contributed by atoms with van der Waals surface area (Å²) in [6, 6.07) is 9.32. The first-order valence-corrected chi connectivity index (χ1v) is 5.80. The number of carbonyl (C=O) groups excluding carboxylic acids is 1. The number of ether oxygens (including phenoxy) is 2. The second-order valence-corrected chi connectivity index (χ2v) is 4.16. The van der Waals surface area contributed by atoms with Crippen molar-refractivity contribution < 1.29 is 14.3 Å². The molecule has 0 saturated carbocycles. The first-order valence-electron chi connectivity index (χ1n) is 5.80. The van der Waals surface area contributed by atoms with Crippen LogP contribution < -0.4 is 5.32 Å². The Morgan fingerprint density at radius 3 is 2.82 bits per heavy atom. The molecular weight excluding hydrogens is 218 g/mol. The van der Waals surface area contributed by atoms with Crippen molar-refractivity contribution in [1.29, 1.82) is 0 Å². The van der Waals surface area contributed by atoms with Crippen molar-refractivity contribution in [2.24, 2.45) is 0 Å². The highest BCUT2D eigenvalue weighted by atomic mass is 16.6. The standard InChI is InChI=1S/C13H17NO3/c1-16-9-11-7-8-12(14-11)17-13(15)10-5-3-2-4-6-10/h2-6,11-12,14H,7-9H2,1H3. The van der Waals surface area contributed by atoms with E-state index in [0.717, 1.165) is 12.8 Å². The van der Waals surface area contributed by atoms with E-state index >= 15 is 0 Å². The number of hydrogen-bond donors (Lipinski definition) is 1. The smallest absolute Gasteiger partial charge is 0.339 e. The maximum atomic E-state index is 11.8. The minimum atomic E-state index is -0.277. The summed E-state index contributed by atoms with van der Waals surface area (Å²) in [5, 5.41) is 3.22. The highest BCUT2D eigenvalue weighted by Gasteiger charge is 2.26. The summed E-state index contributed by atoms with van der Waals surface area (Å²) in [7, 11) is 1.67. The Labute approximate surface area is 101 Å². The van der Waals surface area contributed by atoms with Gasteiger partial charge in [0.1, 0.15) is 0 Å². The van der Waals surface area contributed by atoms with Crippen LogP contribution in [-0.4, -0.2) is 32.0 Å². The molecule has 0 aliphatic carbocycles. The average Bonchev–Trinajstić information content (AvgIpc) is 2.78. The van der Waals surface area contributed by atoms with Crippen molar-refractivity contribution >= 4 is 5.97 Å². The van der Waals surface area contributed by atoms with Gasteiger partial charge in [0.05, 0.1) is 12.2 Å². The topological polar surface area (TPSA) is 47.6 Å². The summed E-state index contributed by atoms with van der Waals surface area (Å²) in [5.41, 5.74) is 0.587. The van der Waals surface area contributed by atoms with Gasteiger partial charge in [-0.1, -0.05) is 18.2 Å². The average molecular weight is 235 g/mol. The Morgan fingerprint density at radius 2 is 2.12 bits per heavy atom. The minimum absolute atomic E-state index is 0.192. The Kier molecular flexibility index (Phi) is 4.12. The maximum Gasteiger partial charge on any atom is 0.339 e. The monoisotopic (exact) mass is 235 g/mol. The zero-order valence-corrected chi connectivity index (χ0v) is 9.89. The molecule has 1 N–H and O–H groups in total. The summed E-state index contributed by atoms with van der Waals surface area (Å²) in [4.78, 5) is 11.8. The van der Waals surface area contributed by atoms with Crippen LogP contribution >= 0.6 is 0 Å². The van der Waals surface area contributed by atoms with Crippen molar-refractivity contribution in [1.82, 2.24) is 5.32 Å². The fourth-order valence-electron chi connectivity index (χ4n) is 1.98. The van der Waals surface area contributed by atoms with Gasteiger partial charge in [0.15, 0.2) is 6.23 Å². The van der Waals surface area contributed by atoms with Crippen LogP contribution in [0.25, 0.3) is 0 Å². The van der Waals surface area contributed by atoms with Crippen LogP contribution in [0.5, 0.6) is 0 Å². The molecule has 2 atom stereocenters. The van der Waals surface area contributed by atoms with Gasteiger partial charge in [-0.05, 0) is 25.0 Å². The number of nitrogens with one attached hydrogen (secondary N) is 1. The lowest BCUT2D eigenvalue weighted by Crippen LogP contribution is -2.35. The summed E-state index contributed by atoms with van der Waals surface area (Å²) in [5.74, 6) is -0.277. The molecule has 0 spiro atoms. The van der Waals surface area contributed by atoms with E-state index in [-0.39, 0.29) is 18.2 Å². The van der Waals surface area contributed by atoms with Gasteiger partial charge in [-0.15, -0.1) is 0 Å². The maximum absolute atomic E-state index is 11.8. The van der Waals surface area contributed by atoms with E-state index in [2.05, 4.69) is 5.32 Å². The molecule has 1 aliphatic rings. The van der Waals surface area contributed by atoms with E-state index in [9.17, 15) is 4.79 Å². The lowest BCUT2D eigenvalue weighted by molar-refractivity contribution is 0.0243. The molecule has 0 bridgehead atoms. The number of methoxy groups -OCH3 is 1. The van der Waals surface area contributed by atoms with Crippen LogP contribution in [0.2, 0.25) is 0 Å². The predicted octanol–water partition coefficient (Wildman–Crippen LogP) is 1.57. The van der Waals surface area contributed by atoms with Crippen LogP contribution in [0.1, 0.15) is 23.2 Å². The number of rotatable bonds is 4. The van der Waals surface area contributed by atoms with E-state index in [0.29, 0.717) is 12.2 Å². The lowest BCUT2D eigenvalue weighted by atomic mass is 10.2. The first-order chi connectivity index (χ1) is 8.29. The highest BCUT2D eigenvalue weighted by Crippen LogP contribution is 2.15. The summed E-state index contributed by atoms with van der Waals surface area (Å²) in [6.07, 6.45) is 1.62. The second kappa shape index (κ2) is 5.80. The zero-order valence-electron chi connectivity index (χ0n) is 9.89. The predicted molar refractivity (Wildman–Crippen MR) is 63.7 cm³/mol. The number of carbonyl (C=O) groups is 1. The van der Waals surface area contributed by atoms with E-state index in [1.807, 2.05) is 18.2 Å². The third-order valence-electron chi connectivity index (χ3n) is 2.83. The van der Waals surface area contributed by atoms with Gasteiger partial charge in [-0.25, -0.2) is 4.79 Å². The molecule has 4 heteroatoms. The molecular formula is C13H17NO3. The second-order valence-electron chi connectivity index (χ2n) is 4.16. The zero-order chi connectivity index (χ0) is 12.1. The van der Waals surface area contributed by atoms with E-state index < -0.39 is 0 Å². The SMILES string of the molecule is COCC1CCC(OC(=O)c2ccccc2)N1. The van der Waals surface area contributed by atoms with Crippen LogP contribution in [0.4, 0.5) is 0 Å². The third kappa shape index (κ3) is 3.28. The molecule has 1 aliphatic heterocycles. The van der Waals surface area contributed by atoms with Crippen LogP contribution in [-0.2, 0) is 9.47 Å². The number of hydrogen-bond acceptors (Lipinski definition) is 4. The van der Waals surface area contributed by atoms with Crippen molar-refractivity contribution in [3.63, 3.8) is 0 Å². The molecule has 2 unspecified atom stereocenters. The summed E-state index contributed by atoms with van der Waals surface area (Å²) in [6.45, 7) is 0.652. The van der Waals surface area contributed by atoms with Crippen molar-refractivity contribution in [3.8, 4) is 0 Å². The Morgan fingerprint density at radius 1 is 1.35 bits per heavy atom. The fraction of sp³-hybridized carbons (Fsp3) is 0.462. The van der Waals surface area contributed by atoms with Gasteiger partial charge in [0, 0.05) is 13.2 Å². The number of benzene rings is 1. The summed E-state index contributed by atoms with van der Waals surface area (Å²) < 4.78 is 10.4. The normalized spacial score (nSPS) is 23.6. The molecule has 4 nitrogen and oxygen atoms in total. The lowest BCUT2D eigenvalue weighted by Gasteiger charge is -2.14. The Hall–Kier alpha value is -1.39. The third-order valence-corrected chi connectivity index (χ3v) is 2.83. The van der Waals surface area contributed by atoms with Crippen LogP contribution in [0.3, 0.4) is 0 Å². The fourth-order valence-corrected chi connectivity index (χ4v) is 1.98. The Balaban J connectivity index is 1.84. The van der Waals surface area contributed by atoms with E-state index in [1.165, 1.54) is 0 Å². The van der Waals surface area contributed by atoms with Crippen LogP contribution in [0.15, 0.2) is 30.3 Å². The molecule has 92 valence electrons. The molecule has 1 aromatic rings. The van der Waals surface area contributed by atoms with E-state index in [4.69, 9.17) is 9.47 Å². The minimum Gasteiger partial charge on any atom is -0.443 e. The summed E-state index contributed by atoms with van der Waals surface area (Å²) >= 11 is 0. The molecule has 2 rings (SSSR count). The van der Waals surface area contributed by atoms with Gasteiger partial charge in [0.2, 0.25) is 0 Å². The van der Waals surface area contributed by atoms with Gasteiger partial charge in [-0.2, -0.15) is 0 Å². The number of esters is 1. The highest BCUT2D eigenvalue weighted by molar-refractivity contribution is 5.89. The molecule has 1 fully saturated rings. The first kappa shape index (κ1) is 12.1.